The quantitative estimate of drug-likeness (QED) is 0.801. The number of benzene rings is 1. The summed E-state index contributed by atoms with van der Waals surface area (Å²) in [6.07, 6.45) is 0.401. The lowest BCUT2D eigenvalue weighted by atomic mass is 10.0. The van der Waals surface area contributed by atoms with Crippen LogP contribution in [0.25, 0.3) is 0 Å². The van der Waals surface area contributed by atoms with E-state index in [1.165, 1.54) is 6.07 Å². The molecule has 0 aliphatic carbocycles. The molecule has 0 spiro atoms. The highest BCUT2D eigenvalue weighted by molar-refractivity contribution is 6.31. The Balaban J connectivity index is 3.43. The van der Waals surface area contributed by atoms with E-state index in [0.717, 1.165) is 6.07 Å². The monoisotopic (exact) mass is 202 g/mol. The van der Waals surface area contributed by atoms with Gasteiger partial charge in [0.05, 0.1) is 5.56 Å². The molecule has 0 aliphatic rings. The van der Waals surface area contributed by atoms with Crippen molar-refractivity contribution in [2.24, 2.45) is 0 Å². The molecule has 0 atom stereocenters. The fourth-order valence-electron chi connectivity index (χ4n) is 1.17. The van der Waals surface area contributed by atoms with Crippen LogP contribution in [0.2, 0.25) is 5.02 Å². The second-order valence-electron chi connectivity index (χ2n) is 2.54. The van der Waals surface area contributed by atoms with Gasteiger partial charge in [-0.1, -0.05) is 18.5 Å². The van der Waals surface area contributed by atoms with Crippen molar-refractivity contribution in [2.45, 2.75) is 13.3 Å². The number of carboxylic acid groups (broad SMARTS) is 1. The van der Waals surface area contributed by atoms with Gasteiger partial charge in [0.2, 0.25) is 0 Å². The van der Waals surface area contributed by atoms with Crippen LogP contribution in [0.15, 0.2) is 12.1 Å². The summed E-state index contributed by atoms with van der Waals surface area (Å²) in [5.74, 6) is -2.02. The van der Waals surface area contributed by atoms with Gasteiger partial charge >= 0.3 is 5.97 Å². The molecule has 1 aromatic rings. The van der Waals surface area contributed by atoms with Crippen LogP contribution < -0.4 is 0 Å². The highest BCUT2D eigenvalue weighted by Crippen LogP contribution is 2.23. The molecule has 0 aliphatic heterocycles. The van der Waals surface area contributed by atoms with Gasteiger partial charge in [-0.25, -0.2) is 9.18 Å². The summed E-state index contributed by atoms with van der Waals surface area (Å²) < 4.78 is 13.0. The maximum Gasteiger partial charge on any atom is 0.339 e. The van der Waals surface area contributed by atoms with Gasteiger partial charge in [0.25, 0.3) is 0 Å². The Morgan fingerprint density at radius 1 is 1.62 bits per heavy atom. The van der Waals surface area contributed by atoms with Crippen molar-refractivity contribution < 1.29 is 14.3 Å². The number of halogens is 2. The summed E-state index contributed by atoms with van der Waals surface area (Å²) in [4.78, 5) is 10.7. The van der Waals surface area contributed by atoms with Gasteiger partial charge in [-0.15, -0.1) is 0 Å². The summed E-state index contributed by atoms with van der Waals surface area (Å²) >= 11 is 5.72. The molecule has 0 saturated carbocycles. The van der Waals surface area contributed by atoms with E-state index in [0.29, 0.717) is 17.0 Å². The zero-order valence-electron chi connectivity index (χ0n) is 6.97. The summed E-state index contributed by atoms with van der Waals surface area (Å²) in [6, 6.07) is 2.42. The van der Waals surface area contributed by atoms with Crippen molar-refractivity contribution in [3.05, 3.63) is 34.1 Å². The lowest BCUT2D eigenvalue weighted by Crippen LogP contribution is -2.05. The first-order chi connectivity index (χ1) is 6.07. The highest BCUT2D eigenvalue weighted by Gasteiger charge is 2.16. The number of carboxylic acids is 1. The molecule has 13 heavy (non-hydrogen) atoms. The molecule has 0 saturated heterocycles. The average Bonchev–Trinajstić information content (AvgIpc) is 2.07. The zero-order chi connectivity index (χ0) is 10.0. The van der Waals surface area contributed by atoms with E-state index in [1.807, 2.05) is 0 Å². The average molecular weight is 203 g/mol. The first-order valence-electron chi connectivity index (χ1n) is 3.78. The molecule has 0 amide bonds. The molecular formula is C9H8ClFO2. The van der Waals surface area contributed by atoms with Gasteiger partial charge in [-0.3, -0.25) is 0 Å². The Hall–Kier alpha value is -1.09. The summed E-state index contributed by atoms with van der Waals surface area (Å²) in [7, 11) is 0. The third kappa shape index (κ3) is 1.80. The zero-order valence-corrected chi connectivity index (χ0v) is 7.73. The highest BCUT2D eigenvalue weighted by atomic mass is 35.5. The second-order valence-corrected chi connectivity index (χ2v) is 2.95. The molecule has 2 nitrogen and oxygen atoms in total. The van der Waals surface area contributed by atoms with Gasteiger partial charge in [-0.2, -0.15) is 0 Å². The summed E-state index contributed by atoms with van der Waals surface area (Å²) in [6.45, 7) is 1.73. The molecule has 1 rings (SSSR count). The molecule has 0 fully saturated rings. The van der Waals surface area contributed by atoms with Crippen LogP contribution in [0.4, 0.5) is 4.39 Å². The molecule has 0 bridgehead atoms. The molecule has 0 heterocycles. The van der Waals surface area contributed by atoms with E-state index in [1.54, 1.807) is 6.92 Å². The molecule has 0 unspecified atom stereocenters. The van der Waals surface area contributed by atoms with E-state index in [-0.39, 0.29) is 5.56 Å². The Bertz CT molecular complexity index is 350. The summed E-state index contributed by atoms with van der Waals surface area (Å²) in [5.41, 5.74) is 0.0177. The fourth-order valence-corrected chi connectivity index (χ4v) is 1.46. The van der Waals surface area contributed by atoms with Crippen LogP contribution in [0.5, 0.6) is 0 Å². The Morgan fingerprint density at radius 3 is 2.62 bits per heavy atom. The summed E-state index contributed by atoms with van der Waals surface area (Å²) in [5, 5.41) is 9.00. The smallest absolute Gasteiger partial charge is 0.339 e. The first kappa shape index (κ1) is 9.99. The van der Waals surface area contributed by atoms with Crippen molar-refractivity contribution in [1.82, 2.24) is 0 Å². The lowest BCUT2D eigenvalue weighted by molar-refractivity contribution is 0.0690. The van der Waals surface area contributed by atoms with Gasteiger partial charge in [-0.05, 0) is 24.1 Å². The molecule has 0 radical (unpaired) electrons. The van der Waals surface area contributed by atoms with Crippen LogP contribution in [0.3, 0.4) is 0 Å². The topological polar surface area (TPSA) is 37.3 Å². The van der Waals surface area contributed by atoms with Crippen molar-refractivity contribution in [3.8, 4) is 0 Å². The molecule has 1 aromatic carbocycles. The van der Waals surface area contributed by atoms with Crippen molar-refractivity contribution in [1.29, 1.82) is 0 Å². The third-order valence-corrected chi connectivity index (χ3v) is 2.13. The van der Waals surface area contributed by atoms with Crippen LogP contribution in [0.1, 0.15) is 22.8 Å². The predicted molar refractivity (Wildman–Crippen MR) is 47.7 cm³/mol. The van der Waals surface area contributed by atoms with Crippen LogP contribution in [-0.2, 0) is 6.42 Å². The number of carbonyl (C=O) groups is 1. The molecule has 4 heteroatoms. The van der Waals surface area contributed by atoms with Crippen molar-refractivity contribution in [2.75, 3.05) is 0 Å². The maximum atomic E-state index is 13.0. The van der Waals surface area contributed by atoms with E-state index < -0.39 is 11.8 Å². The normalized spacial score (nSPS) is 10.1. The van der Waals surface area contributed by atoms with E-state index in [4.69, 9.17) is 16.7 Å². The third-order valence-electron chi connectivity index (χ3n) is 1.77. The van der Waals surface area contributed by atoms with Gasteiger partial charge in [0.1, 0.15) is 5.82 Å². The van der Waals surface area contributed by atoms with Crippen molar-refractivity contribution in [3.63, 3.8) is 0 Å². The number of hydrogen-bond donors (Lipinski definition) is 1. The van der Waals surface area contributed by atoms with E-state index in [9.17, 15) is 9.18 Å². The minimum atomic E-state index is -1.28. The standard InChI is InChI=1S/C9H8ClFO2/c1-2-5-6(10)3-4-7(11)8(5)9(12)13/h3-4H,2H2,1H3,(H,12,13). The Kier molecular flexibility index (Phi) is 2.88. The number of rotatable bonds is 2. The van der Waals surface area contributed by atoms with Gasteiger partial charge < -0.3 is 5.11 Å². The lowest BCUT2D eigenvalue weighted by Gasteiger charge is -2.06. The largest absolute Gasteiger partial charge is 0.478 e. The maximum absolute atomic E-state index is 13.0. The number of aromatic carboxylic acids is 1. The first-order valence-corrected chi connectivity index (χ1v) is 4.16. The SMILES string of the molecule is CCc1c(Cl)ccc(F)c1C(=O)O. The minimum Gasteiger partial charge on any atom is -0.478 e. The minimum absolute atomic E-state index is 0.293. The number of hydrogen-bond acceptors (Lipinski definition) is 1. The predicted octanol–water partition coefficient (Wildman–Crippen LogP) is 2.74. The molecule has 0 aromatic heterocycles. The molecular weight excluding hydrogens is 195 g/mol. The van der Waals surface area contributed by atoms with E-state index in [2.05, 4.69) is 0 Å². The van der Waals surface area contributed by atoms with Crippen LogP contribution in [-0.4, -0.2) is 11.1 Å². The van der Waals surface area contributed by atoms with Gasteiger partial charge in [0.15, 0.2) is 0 Å². The van der Waals surface area contributed by atoms with Crippen molar-refractivity contribution >= 4 is 17.6 Å². The molecule has 1 N–H and O–H groups in total. The molecule has 70 valence electrons. The van der Waals surface area contributed by atoms with Crippen LogP contribution in [0, 0.1) is 5.82 Å². The van der Waals surface area contributed by atoms with Gasteiger partial charge in [0, 0.05) is 5.02 Å². The Labute approximate surface area is 80.0 Å². The van der Waals surface area contributed by atoms with E-state index >= 15 is 0 Å². The second kappa shape index (κ2) is 3.75. The van der Waals surface area contributed by atoms with Crippen LogP contribution >= 0.6 is 11.6 Å². The fraction of sp³-hybridized carbons (Fsp3) is 0.222. The Morgan fingerprint density at radius 2 is 2.23 bits per heavy atom.